The smallest absolute Gasteiger partial charge is 0.254 e. The van der Waals surface area contributed by atoms with E-state index in [0.29, 0.717) is 18.4 Å². The van der Waals surface area contributed by atoms with Gasteiger partial charge in [-0.25, -0.2) is 0 Å². The molecule has 1 saturated heterocycles. The standard InChI is InChI=1S/C21H27N3O/c1-13-3-6-19-17(10-13)18(11-20(23-19)15-4-5-15)21(25)24-8-7-14(2)9-16(24)12-22/h3,6,10-11,14-16H,4-5,7-9,12,22H2,1-2H3. The van der Waals surface area contributed by atoms with Gasteiger partial charge in [0.25, 0.3) is 5.91 Å². The molecule has 2 fully saturated rings. The number of amides is 1. The van der Waals surface area contributed by atoms with Gasteiger partial charge in [0.15, 0.2) is 0 Å². The van der Waals surface area contributed by atoms with Gasteiger partial charge in [0.05, 0.1) is 11.1 Å². The molecule has 0 radical (unpaired) electrons. The summed E-state index contributed by atoms with van der Waals surface area (Å²) in [7, 11) is 0. The second-order valence-electron chi connectivity index (χ2n) is 7.91. The van der Waals surface area contributed by atoms with Crippen LogP contribution in [0.25, 0.3) is 10.9 Å². The molecule has 1 saturated carbocycles. The van der Waals surface area contributed by atoms with E-state index in [2.05, 4.69) is 26.0 Å². The minimum atomic E-state index is 0.127. The zero-order valence-electron chi connectivity index (χ0n) is 15.2. The van der Waals surface area contributed by atoms with Crippen molar-refractivity contribution in [3.05, 3.63) is 41.1 Å². The summed E-state index contributed by atoms with van der Waals surface area (Å²) >= 11 is 0. The molecule has 132 valence electrons. The monoisotopic (exact) mass is 337 g/mol. The van der Waals surface area contributed by atoms with Crippen LogP contribution in [0.1, 0.15) is 60.1 Å². The number of rotatable bonds is 3. The molecular weight excluding hydrogens is 310 g/mol. The summed E-state index contributed by atoms with van der Waals surface area (Å²) < 4.78 is 0. The number of carbonyl (C=O) groups is 1. The van der Waals surface area contributed by atoms with Crippen molar-refractivity contribution in [1.82, 2.24) is 9.88 Å². The van der Waals surface area contributed by atoms with E-state index >= 15 is 0 Å². The fourth-order valence-corrected chi connectivity index (χ4v) is 4.02. The van der Waals surface area contributed by atoms with Crippen LogP contribution in [0.5, 0.6) is 0 Å². The summed E-state index contributed by atoms with van der Waals surface area (Å²) in [5.41, 5.74) is 9.97. The Bertz CT molecular complexity index is 812. The SMILES string of the molecule is Cc1ccc2nc(C3CC3)cc(C(=O)N3CCC(C)CC3CN)c2c1. The molecule has 1 aliphatic heterocycles. The van der Waals surface area contributed by atoms with Crippen molar-refractivity contribution < 1.29 is 4.79 Å². The van der Waals surface area contributed by atoms with Crippen LogP contribution in [0.4, 0.5) is 0 Å². The lowest BCUT2D eigenvalue weighted by Gasteiger charge is -2.38. The highest BCUT2D eigenvalue weighted by molar-refractivity contribution is 6.06. The average Bonchev–Trinajstić information content (AvgIpc) is 3.45. The van der Waals surface area contributed by atoms with E-state index in [-0.39, 0.29) is 11.9 Å². The first-order valence-electron chi connectivity index (χ1n) is 9.49. The predicted octanol–water partition coefficient (Wildman–Crippen LogP) is 3.62. The van der Waals surface area contributed by atoms with Crippen LogP contribution >= 0.6 is 0 Å². The zero-order chi connectivity index (χ0) is 17.6. The number of fused-ring (bicyclic) bond motifs is 1. The molecule has 1 aromatic carbocycles. The molecule has 4 nitrogen and oxygen atoms in total. The maximum absolute atomic E-state index is 13.4. The first kappa shape index (κ1) is 16.5. The molecule has 1 amide bonds. The van der Waals surface area contributed by atoms with Gasteiger partial charge < -0.3 is 10.6 Å². The van der Waals surface area contributed by atoms with E-state index in [0.717, 1.165) is 47.1 Å². The Hall–Kier alpha value is -1.94. The Kier molecular flexibility index (Phi) is 4.24. The van der Waals surface area contributed by atoms with E-state index < -0.39 is 0 Å². The normalized spacial score (nSPS) is 23.9. The van der Waals surface area contributed by atoms with Crippen LogP contribution in [-0.4, -0.2) is 34.9 Å². The third kappa shape index (κ3) is 3.15. The van der Waals surface area contributed by atoms with Crippen molar-refractivity contribution in [2.75, 3.05) is 13.1 Å². The Morgan fingerprint density at radius 3 is 2.80 bits per heavy atom. The number of aromatic nitrogens is 1. The number of aryl methyl sites for hydroxylation is 1. The average molecular weight is 337 g/mol. The van der Waals surface area contributed by atoms with Crippen molar-refractivity contribution >= 4 is 16.8 Å². The first-order valence-corrected chi connectivity index (χ1v) is 9.49. The van der Waals surface area contributed by atoms with Gasteiger partial charge in [0.2, 0.25) is 0 Å². The molecule has 1 aromatic heterocycles. The van der Waals surface area contributed by atoms with E-state index in [4.69, 9.17) is 10.7 Å². The Labute approximate surface area is 149 Å². The summed E-state index contributed by atoms with van der Waals surface area (Å²) in [5, 5.41) is 0.976. The van der Waals surface area contributed by atoms with Crippen LogP contribution in [0, 0.1) is 12.8 Å². The van der Waals surface area contributed by atoms with Gasteiger partial charge in [0.1, 0.15) is 0 Å². The van der Waals surface area contributed by atoms with Gasteiger partial charge >= 0.3 is 0 Å². The van der Waals surface area contributed by atoms with E-state index in [9.17, 15) is 4.79 Å². The van der Waals surface area contributed by atoms with Gasteiger partial charge in [0, 0.05) is 36.1 Å². The third-order valence-electron chi connectivity index (χ3n) is 5.72. The topological polar surface area (TPSA) is 59.2 Å². The number of pyridine rings is 1. The molecule has 25 heavy (non-hydrogen) atoms. The minimum absolute atomic E-state index is 0.127. The molecule has 2 atom stereocenters. The summed E-state index contributed by atoms with van der Waals surface area (Å²) in [6, 6.07) is 8.41. The summed E-state index contributed by atoms with van der Waals surface area (Å²) in [6.45, 7) is 5.65. The second-order valence-corrected chi connectivity index (χ2v) is 7.91. The summed E-state index contributed by atoms with van der Waals surface area (Å²) in [6.07, 6.45) is 4.43. The van der Waals surface area contributed by atoms with Crippen LogP contribution in [0.15, 0.2) is 24.3 Å². The Balaban J connectivity index is 1.78. The summed E-state index contributed by atoms with van der Waals surface area (Å²) in [4.78, 5) is 20.3. The highest BCUT2D eigenvalue weighted by Gasteiger charge is 2.32. The molecule has 0 bridgehead atoms. The van der Waals surface area contributed by atoms with Gasteiger partial charge in [-0.15, -0.1) is 0 Å². The van der Waals surface area contributed by atoms with E-state index in [1.165, 1.54) is 12.8 Å². The highest BCUT2D eigenvalue weighted by Crippen LogP contribution is 2.40. The van der Waals surface area contributed by atoms with Crippen LogP contribution < -0.4 is 5.73 Å². The fraction of sp³-hybridized carbons (Fsp3) is 0.524. The number of nitrogens with two attached hydrogens (primary N) is 1. The van der Waals surface area contributed by atoms with E-state index in [1.54, 1.807) is 0 Å². The Morgan fingerprint density at radius 1 is 1.28 bits per heavy atom. The second kappa shape index (κ2) is 6.41. The highest BCUT2D eigenvalue weighted by atomic mass is 16.2. The quantitative estimate of drug-likeness (QED) is 0.930. The largest absolute Gasteiger partial charge is 0.334 e. The van der Waals surface area contributed by atoms with Crippen molar-refractivity contribution in [3.63, 3.8) is 0 Å². The molecule has 2 heterocycles. The first-order chi connectivity index (χ1) is 12.1. The minimum Gasteiger partial charge on any atom is -0.334 e. The maximum atomic E-state index is 13.4. The molecule has 2 aliphatic rings. The number of nitrogens with zero attached hydrogens (tertiary/aromatic N) is 2. The molecule has 2 aromatic rings. The lowest BCUT2D eigenvalue weighted by molar-refractivity contribution is 0.0575. The number of piperidine rings is 1. The molecule has 1 aliphatic carbocycles. The van der Waals surface area contributed by atoms with Gasteiger partial charge in [-0.1, -0.05) is 18.6 Å². The zero-order valence-corrected chi connectivity index (χ0v) is 15.2. The third-order valence-corrected chi connectivity index (χ3v) is 5.72. The lowest BCUT2D eigenvalue weighted by Crippen LogP contribution is -2.49. The molecule has 4 rings (SSSR count). The van der Waals surface area contributed by atoms with Crippen molar-refractivity contribution in [3.8, 4) is 0 Å². The van der Waals surface area contributed by atoms with Crippen molar-refractivity contribution in [2.45, 2.75) is 51.5 Å². The van der Waals surface area contributed by atoms with Crippen molar-refractivity contribution in [2.24, 2.45) is 11.7 Å². The number of likely N-dealkylation sites (tertiary alicyclic amines) is 1. The van der Waals surface area contributed by atoms with E-state index in [1.807, 2.05) is 17.0 Å². The van der Waals surface area contributed by atoms with Crippen LogP contribution in [0.3, 0.4) is 0 Å². The number of hydrogen-bond donors (Lipinski definition) is 1. The fourth-order valence-electron chi connectivity index (χ4n) is 4.02. The van der Waals surface area contributed by atoms with Gasteiger partial charge in [-0.3, -0.25) is 9.78 Å². The molecular formula is C21H27N3O. The van der Waals surface area contributed by atoms with Crippen LogP contribution in [0.2, 0.25) is 0 Å². The summed E-state index contributed by atoms with van der Waals surface area (Å²) in [5.74, 6) is 1.29. The predicted molar refractivity (Wildman–Crippen MR) is 101 cm³/mol. The molecule has 0 spiro atoms. The molecule has 4 heteroatoms. The maximum Gasteiger partial charge on any atom is 0.254 e. The van der Waals surface area contributed by atoms with Gasteiger partial charge in [-0.05, 0) is 56.7 Å². The van der Waals surface area contributed by atoms with Crippen LogP contribution in [-0.2, 0) is 0 Å². The number of hydrogen-bond acceptors (Lipinski definition) is 3. The molecule has 2 unspecified atom stereocenters. The number of benzene rings is 1. The molecule has 2 N–H and O–H groups in total. The van der Waals surface area contributed by atoms with Crippen molar-refractivity contribution in [1.29, 1.82) is 0 Å². The lowest BCUT2D eigenvalue weighted by atomic mass is 9.91. The Morgan fingerprint density at radius 2 is 2.08 bits per heavy atom. The van der Waals surface area contributed by atoms with Gasteiger partial charge in [-0.2, -0.15) is 0 Å². The number of carbonyl (C=O) groups excluding carboxylic acids is 1.